The molecule has 2 aromatic rings. The Hall–Kier alpha value is -2.55. The van der Waals surface area contributed by atoms with E-state index in [0.717, 1.165) is 16.9 Å². The number of carboxylic acids is 1. The molecule has 0 amide bonds. The third-order valence-corrected chi connectivity index (χ3v) is 5.80. The molecule has 0 heterocycles. The smallest absolute Gasteiger partial charge is 0.335 e. The van der Waals surface area contributed by atoms with Crippen molar-refractivity contribution in [1.29, 1.82) is 0 Å². The molecule has 0 aliphatic heterocycles. The quantitative estimate of drug-likeness (QED) is 0.645. The van der Waals surface area contributed by atoms with Crippen LogP contribution in [0.1, 0.15) is 73.0 Å². The summed E-state index contributed by atoms with van der Waals surface area (Å²) in [5.41, 5.74) is 5.11. The summed E-state index contributed by atoms with van der Waals surface area (Å²) in [4.78, 5) is 11.0. The molecule has 27 heavy (non-hydrogen) atoms. The molecule has 0 saturated heterocycles. The number of benzene rings is 2. The van der Waals surface area contributed by atoms with Gasteiger partial charge < -0.3 is 9.84 Å². The SMILES string of the molecule is COc1ccc(/C(C)=C/c2ccc(C(=O)O)cc2)cc1C1(C)CCCCC1. The largest absolute Gasteiger partial charge is 0.496 e. The number of hydrogen-bond donors (Lipinski definition) is 1. The summed E-state index contributed by atoms with van der Waals surface area (Å²) < 4.78 is 5.68. The van der Waals surface area contributed by atoms with Gasteiger partial charge in [0.2, 0.25) is 0 Å². The maximum atomic E-state index is 11.0. The zero-order valence-corrected chi connectivity index (χ0v) is 16.4. The fourth-order valence-electron chi connectivity index (χ4n) is 4.08. The van der Waals surface area contributed by atoms with Crippen LogP contribution in [0.5, 0.6) is 5.75 Å². The number of methoxy groups -OCH3 is 1. The molecular formula is C24H28O3. The van der Waals surface area contributed by atoms with Gasteiger partial charge in [-0.15, -0.1) is 0 Å². The number of rotatable bonds is 5. The van der Waals surface area contributed by atoms with Crippen molar-refractivity contribution in [1.82, 2.24) is 0 Å². The highest BCUT2D eigenvalue weighted by Gasteiger charge is 2.31. The predicted octanol–water partition coefficient (Wildman–Crippen LogP) is 6.18. The lowest BCUT2D eigenvalue weighted by molar-refractivity contribution is 0.0697. The van der Waals surface area contributed by atoms with Crippen molar-refractivity contribution in [3.63, 3.8) is 0 Å². The summed E-state index contributed by atoms with van der Waals surface area (Å²) in [6.07, 6.45) is 8.37. The Kier molecular flexibility index (Phi) is 5.69. The molecular weight excluding hydrogens is 336 g/mol. The minimum Gasteiger partial charge on any atom is -0.496 e. The van der Waals surface area contributed by atoms with Crippen LogP contribution in [0.4, 0.5) is 0 Å². The molecule has 2 aromatic carbocycles. The van der Waals surface area contributed by atoms with Crippen LogP contribution in [0.25, 0.3) is 11.6 Å². The molecule has 1 fully saturated rings. The van der Waals surface area contributed by atoms with Crippen molar-refractivity contribution < 1.29 is 14.6 Å². The number of aromatic carboxylic acids is 1. The van der Waals surface area contributed by atoms with Gasteiger partial charge in [-0.05, 0) is 66.1 Å². The predicted molar refractivity (Wildman–Crippen MR) is 110 cm³/mol. The Morgan fingerprint density at radius 1 is 1.04 bits per heavy atom. The third kappa shape index (κ3) is 4.24. The fraction of sp³-hybridized carbons (Fsp3) is 0.375. The average molecular weight is 364 g/mol. The maximum absolute atomic E-state index is 11.0. The Balaban J connectivity index is 1.93. The first kappa shape index (κ1) is 19.2. The third-order valence-electron chi connectivity index (χ3n) is 5.80. The van der Waals surface area contributed by atoms with Gasteiger partial charge >= 0.3 is 5.97 Å². The number of hydrogen-bond acceptors (Lipinski definition) is 2. The van der Waals surface area contributed by atoms with E-state index in [0.29, 0.717) is 5.56 Å². The van der Waals surface area contributed by atoms with E-state index >= 15 is 0 Å². The lowest BCUT2D eigenvalue weighted by atomic mass is 9.70. The van der Waals surface area contributed by atoms with Gasteiger partial charge in [0.1, 0.15) is 5.75 Å². The van der Waals surface area contributed by atoms with Crippen molar-refractivity contribution in [2.45, 2.75) is 51.4 Å². The van der Waals surface area contributed by atoms with E-state index in [4.69, 9.17) is 9.84 Å². The van der Waals surface area contributed by atoms with E-state index in [2.05, 4.69) is 38.1 Å². The molecule has 3 heteroatoms. The molecule has 3 rings (SSSR count). The van der Waals surface area contributed by atoms with Crippen LogP contribution in [-0.2, 0) is 5.41 Å². The standard InChI is InChI=1S/C24H28O3/c1-17(15-18-7-9-19(10-8-18)23(25)26)20-11-12-22(27-3)21(16-20)24(2)13-5-4-6-14-24/h7-12,15-16H,4-6,13-14H2,1-3H3,(H,25,26)/b17-15+. The first-order valence-corrected chi connectivity index (χ1v) is 9.63. The van der Waals surface area contributed by atoms with Crippen LogP contribution >= 0.6 is 0 Å². The number of allylic oxidation sites excluding steroid dienone is 1. The first-order chi connectivity index (χ1) is 12.9. The number of ether oxygens (including phenoxy) is 1. The molecule has 0 unspecified atom stereocenters. The summed E-state index contributed by atoms with van der Waals surface area (Å²) in [7, 11) is 1.75. The molecule has 0 aromatic heterocycles. The number of carbonyl (C=O) groups is 1. The van der Waals surface area contributed by atoms with Gasteiger partial charge in [0.15, 0.2) is 0 Å². The van der Waals surface area contributed by atoms with Crippen molar-refractivity contribution in [3.8, 4) is 5.75 Å². The Labute approximate surface area is 161 Å². The van der Waals surface area contributed by atoms with Gasteiger partial charge in [-0.1, -0.05) is 50.5 Å². The van der Waals surface area contributed by atoms with E-state index in [9.17, 15) is 4.79 Å². The summed E-state index contributed by atoms with van der Waals surface area (Å²) in [6, 6.07) is 13.4. The topological polar surface area (TPSA) is 46.5 Å². The van der Waals surface area contributed by atoms with Gasteiger partial charge in [0, 0.05) is 5.56 Å². The number of carboxylic acid groups (broad SMARTS) is 1. The molecule has 1 aliphatic rings. The second-order valence-electron chi connectivity index (χ2n) is 7.79. The molecule has 1 aliphatic carbocycles. The van der Waals surface area contributed by atoms with Crippen LogP contribution in [0.3, 0.4) is 0 Å². The van der Waals surface area contributed by atoms with Crippen molar-refractivity contribution in [2.75, 3.05) is 7.11 Å². The lowest BCUT2D eigenvalue weighted by Crippen LogP contribution is -2.25. The zero-order chi connectivity index (χ0) is 19.4. The lowest BCUT2D eigenvalue weighted by Gasteiger charge is -2.35. The van der Waals surface area contributed by atoms with Gasteiger partial charge in [0.25, 0.3) is 0 Å². The molecule has 1 N–H and O–H groups in total. The van der Waals surface area contributed by atoms with E-state index in [1.165, 1.54) is 43.2 Å². The summed E-state index contributed by atoms with van der Waals surface area (Å²) in [6.45, 7) is 4.46. The Bertz CT molecular complexity index is 840. The van der Waals surface area contributed by atoms with Crippen molar-refractivity contribution in [2.24, 2.45) is 0 Å². The highest BCUT2D eigenvalue weighted by Crippen LogP contribution is 2.43. The second-order valence-corrected chi connectivity index (χ2v) is 7.79. The van der Waals surface area contributed by atoms with Gasteiger partial charge in [0.05, 0.1) is 12.7 Å². The molecule has 142 valence electrons. The monoisotopic (exact) mass is 364 g/mol. The second kappa shape index (κ2) is 7.99. The molecule has 0 bridgehead atoms. The average Bonchev–Trinajstić information content (AvgIpc) is 2.68. The Morgan fingerprint density at radius 2 is 1.67 bits per heavy atom. The molecule has 0 radical (unpaired) electrons. The summed E-state index contributed by atoms with van der Waals surface area (Å²) in [5.74, 6) is 0.0736. The van der Waals surface area contributed by atoms with Crippen LogP contribution in [-0.4, -0.2) is 18.2 Å². The van der Waals surface area contributed by atoms with Crippen LogP contribution in [0.2, 0.25) is 0 Å². The fourth-order valence-corrected chi connectivity index (χ4v) is 4.08. The highest BCUT2D eigenvalue weighted by atomic mass is 16.5. The molecule has 1 saturated carbocycles. The van der Waals surface area contributed by atoms with E-state index < -0.39 is 5.97 Å². The highest BCUT2D eigenvalue weighted by molar-refractivity contribution is 5.88. The van der Waals surface area contributed by atoms with Crippen LogP contribution < -0.4 is 4.74 Å². The Morgan fingerprint density at radius 3 is 2.26 bits per heavy atom. The van der Waals surface area contributed by atoms with Gasteiger partial charge in [-0.3, -0.25) is 0 Å². The van der Waals surface area contributed by atoms with E-state index in [1.807, 2.05) is 12.1 Å². The maximum Gasteiger partial charge on any atom is 0.335 e. The normalized spacial score (nSPS) is 16.8. The first-order valence-electron chi connectivity index (χ1n) is 9.63. The minimum atomic E-state index is -0.900. The van der Waals surface area contributed by atoms with Gasteiger partial charge in [-0.25, -0.2) is 4.79 Å². The van der Waals surface area contributed by atoms with Crippen LogP contribution in [0.15, 0.2) is 42.5 Å². The van der Waals surface area contributed by atoms with Gasteiger partial charge in [-0.2, -0.15) is 0 Å². The van der Waals surface area contributed by atoms with E-state index in [-0.39, 0.29) is 5.41 Å². The van der Waals surface area contributed by atoms with Crippen molar-refractivity contribution >= 4 is 17.6 Å². The molecule has 0 spiro atoms. The minimum absolute atomic E-state index is 0.170. The molecule has 0 atom stereocenters. The van der Waals surface area contributed by atoms with Crippen LogP contribution in [0, 0.1) is 0 Å². The molecule has 3 nitrogen and oxygen atoms in total. The zero-order valence-electron chi connectivity index (χ0n) is 16.4. The van der Waals surface area contributed by atoms with Crippen molar-refractivity contribution in [3.05, 3.63) is 64.7 Å². The summed E-state index contributed by atoms with van der Waals surface area (Å²) in [5, 5.41) is 9.04. The van der Waals surface area contributed by atoms with E-state index in [1.54, 1.807) is 19.2 Å². The summed E-state index contributed by atoms with van der Waals surface area (Å²) >= 11 is 0.